The molecule has 20 heavy (non-hydrogen) atoms. The minimum Gasteiger partial charge on any atom is -0.503 e. The third-order valence-electron chi connectivity index (χ3n) is 2.62. The summed E-state index contributed by atoms with van der Waals surface area (Å²) in [6.45, 7) is 4.50. The van der Waals surface area contributed by atoms with Crippen molar-refractivity contribution in [2.75, 3.05) is 6.54 Å². The summed E-state index contributed by atoms with van der Waals surface area (Å²) in [5, 5.41) is 11.1. The molecule has 0 aliphatic heterocycles. The third-order valence-corrected chi connectivity index (χ3v) is 2.62. The number of amides is 1. The van der Waals surface area contributed by atoms with Crippen molar-refractivity contribution in [2.45, 2.75) is 20.8 Å². The number of phenols is 1. The van der Waals surface area contributed by atoms with E-state index in [2.05, 4.69) is 5.32 Å². The van der Waals surface area contributed by atoms with Crippen molar-refractivity contribution < 1.29 is 27.9 Å². The maximum absolute atomic E-state index is 13.4. The van der Waals surface area contributed by atoms with Crippen molar-refractivity contribution in [3.8, 4) is 5.75 Å². The van der Waals surface area contributed by atoms with E-state index in [0.717, 1.165) is 0 Å². The third kappa shape index (κ3) is 3.28. The van der Waals surface area contributed by atoms with E-state index in [1.54, 1.807) is 20.8 Å². The molecule has 0 saturated carbocycles. The van der Waals surface area contributed by atoms with Crippen molar-refractivity contribution in [1.29, 1.82) is 0 Å². The van der Waals surface area contributed by atoms with Crippen LogP contribution in [0.2, 0.25) is 0 Å². The number of nitrogens with one attached hydrogen (secondary N) is 1. The van der Waals surface area contributed by atoms with Crippen LogP contribution in [0.1, 0.15) is 31.1 Å². The van der Waals surface area contributed by atoms with Gasteiger partial charge in [0.1, 0.15) is 0 Å². The molecule has 0 fully saturated rings. The first-order chi connectivity index (χ1) is 9.05. The number of hydrogen-bond acceptors (Lipinski definition) is 3. The van der Waals surface area contributed by atoms with E-state index in [-0.39, 0.29) is 12.3 Å². The Morgan fingerprint density at radius 2 is 1.75 bits per heavy atom. The number of hydrogen-bond donors (Lipinski definition) is 2. The average molecular weight is 289 g/mol. The van der Waals surface area contributed by atoms with Gasteiger partial charge in [0, 0.05) is 5.41 Å². The normalized spacial score (nSPS) is 11.3. The van der Waals surface area contributed by atoms with Gasteiger partial charge in [-0.25, -0.2) is 8.78 Å². The summed E-state index contributed by atoms with van der Waals surface area (Å²) in [7, 11) is 0. The summed E-state index contributed by atoms with van der Waals surface area (Å²) >= 11 is 0. The zero-order valence-electron chi connectivity index (χ0n) is 11.2. The molecule has 2 N–H and O–H groups in total. The van der Waals surface area contributed by atoms with Crippen molar-refractivity contribution in [1.82, 2.24) is 5.32 Å². The van der Waals surface area contributed by atoms with Gasteiger partial charge in [-0.15, -0.1) is 0 Å². The molecule has 1 rings (SSSR count). The SMILES string of the molecule is CC(C)(C)C(=O)CNC(=O)c1cc(F)c(F)c(O)c1F. The Kier molecular flexibility index (Phi) is 4.42. The molecule has 0 aromatic heterocycles. The predicted molar refractivity (Wildman–Crippen MR) is 64.8 cm³/mol. The molecule has 4 nitrogen and oxygen atoms in total. The van der Waals surface area contributed by atoms with Crippen molar-refractivity contribution >= 4 is 11.7 Å². The van der Waals surface area contributed by atoms with Gasteiger partial charge in [0.25, 0.3) is 5.91 Å². The van der Waals surface area contributed by atoms with Crippen LogP contribution in [-0.4, -0.2) is 23.3 Å². The summed E-state index contributed by atoms with van der Waals surface area (Å²) in [5.74, 6) is -7.92. The highest BCUT2D eigenvalue weighted by atomic mass is 19.2. The smallest absolute Gasteiger partial charge is 0.254 e. The van der Waals surface area contributed by atoms with Gasteiger partial charge in [-0.05, 0) is 6.07 Å². The second-order valence-electron chi connectivity index (χ2n) is 5.24. The number of carbonyl (C=O) groups is 2. The maximum Gasteiger partial charge on any atom is 0.254 e. The summed E-state index contributed by atoms with van der Waals surface area (Å²) < 4.78 is 39.3. The van der Waals surface area contributed by atoms with E-state index in [1.807, 2.05) is 0 Å². The van der Waals surface area contributed by atoms with Gasteiger partial charge in [-0.3, -0.25) is 9.59 Å². The van der Waals surface area contributed by atoms with Crippen LogP contribution < -0.4 is 5.32 Å². The zero-order valence-corrected chi connectivity index (χ0v) is 11.2. The second-order valence-corrected chi connectivity index (χ2v) is 5.24. The molecule has 0 aliphatic carbocycles. The molecule has 1 aromatic carbocycles. The molecule has 7 heteroatoms. The van der Waals surface area contributed by atoms with Gasteiger partial charge in [0.05, 0.1) is 12.1 Å². The number of Topliss-reactive ketones (excluding diaryl/α,β-unsaturated/α-hetero) is 1. The van der Waals surface area contributed by atoms with E-state index in [0.29, 0.717) is 6.07 Å². The Hall–Kier alpha value is -2.05. The molecule has 110 valence electrons. The van der Waals surface area contributed by atoms with Gasteiger partial charge >= 0.3 is 0 Å². The van der Waals surface area contributed by atoms with E-state index in [9.17, 15) is 22.8 Å². The molecule has 1 aromatic rings. The quantitative estimate of drug-likeness (QED) is 0.838. The lowest BCUT2D eigenvalue weighted by Gasteiger charge is -2.16. The number of aromatic hydroxyl groups is 1. The van der Waals surface area contributed by atoms with Gasteiger partial charge in [-0.1, -0.05) is 20.8 Å². The average Bonchev–Trinajstić information content (AvgIpc) is 2.36. The molecule has 0 atom stereocenters. The highest BCUT2D eigenvalue weighted by molar-refractivity contribution is 5.98. The first kappa shape index (κ1) is 16.0. The Morgan fingerprint density at radius 1 is 1.20 bits per heavy atom. The lowest BCUT2D eigenvalue weighted by molar-refractivity contribution is -0.125. The second kappa shape index (κ2) is 5.52. The lowest BCUT2D eigenvalue weighted by atomic mass is 9.91. The summed E-state index contributed by atoms with van der Waals surface area (Å²) in [6.07, 6.45) is 0. The number of benzene rings is 1. The first-order valence-electron chi connectivity index (χ1n) is 5.73. The Balaban J connectivity index is 2.92. The number of ketones is 1. The van der Waals surface area contributed by atoms with Crippen LogP contribution in [0.25, 0.3) is 0 Å². The van der Waals surface area contributed by atoms with Gasteiger partial charge in [0.2, 0.25) is 5.82 Å². The standard InChI is InChI=1S/C13H14F3NO3/c1-13(2,3)8(18)5-17-12(20)6-4-7(14)10(16)11(19)9(6)15/h4,19H,5H2,1-3H3,(H,17,20). The molecule has 0 unspecified atom stereocenters. The lowest BCUT2D eigenvalue weighted by Crippen LogP contribution is -2.35. The van der Waals surface area contributed by atoms with Crippen molar-refractivity contribution in [3.63, 3.8) is 0 Å². The monoisotopic (exact) mass is 289 g/mol. The summed E-state index contributed by atoms with van der Waals surface area (Å²) in [4.78, 5) is 23.2. The van der Waals surface area contributed by atoms with E-state index >= 15 is 0 Å². The minimum absolute atomic E-state index is 0.321. The molecule has 1 amide bonds. The number of halogens is 3. The highest BCUT2D eigenvalue weighted by Gasteiger charge is 2.25. The Morgan fingerprint density at radius 3 is 2.25 bits per heavy atom. The minimum atomic E-state index is -1.77. The molecular weight excluding hydrogens is 275 g/mol. The fraction of sp³-hybridized carbons (Fsp3) is 0.385. The van der Waals surface area contributed by atoms with Gasteiger partial charge in [0.15, 0.2) is 23.2 Å². The molecule has 0 bridgehead atoms. The maximum atomic E-state index is 13.4. The van der Waals surface area contributed by atoms with E-state index in [4.69, 9.17) is 5.11 Å². The molecule has 0 saturated heterocycles. The molecule has 0 spiro atoms. The van der Waals surface area contributed by atoms with Crippen LogP contribution in [0.5, 0.6) is 5.75 Å². The van der Waals surface area contributed by atoms with E-state index < -0.39 is 40.1 Å². The molecule has 0 aliphatic rings. The van der Waals surface area contributed by atoms with Crippen LogP contribution in [0.15, 0.2) is 6.07 Å². The Bertz CT molecular complexity index is 565. The van der Waals surface area contributed by atoms with Crippen LogP contribution in [-0.2, 0) is 4.79 Å². The van der Waals surface area contributed by atoms with Crippen LogP contribution in [0.4, 0.5) is 13.2 Å². The predicted octanol–water partition coefficient (Wildman–Crippen LogP) is 2.15. The summed E-state index contributed by atoms with van der Waals surface area (Å²) in [5.41, 5.74) is -1.58. The first-order valence-corrected chi connectivity index (χ1v) is 5.73. The molecular formula is C13H14F3NO3. The van der Waals surface area contributed by atoms with Crippen LogP contribution in [0, 0.1) is 22.9 Å². The zero-order chi connectivity index (χ0) is 15.7. The fourth-order valence-electron chi connectivity index (χ4n) is 1.28. The number of rotatable bonds is 3. The van der Waals surface area contributed by atoms with Crippen molar-refractivity contribution in [3.05, 3.63) is 29.1 Å². The Labute approximate surface area is 113 Å². The number of carbonyl (C=O) groups excluding carboxylic acids is 2. The largest absolute Gasteiger partial charge is 0.503 e. The van der Waals surface area contributed by atoms with Gasteiger partial charge in [-0.2, -0.15) is 4.39 Å². The molecule has 0 heterocycles. The number of phenolic OH excluding ortho intramolecular Hbond substituents is 1. The fourth-order valence-corrected chi connectivity index (χ4v) is 1.28. The molecule has 0 radical (unpaired) electrons. The summed E-state index contributed by atoms with van der Waals surface area (Å²) in [6, 6.07) is 0.321. The highest BCUT2D eigenvalue weighted by Crippen LogP contribution is 2.25. The van der Waals surface area contributed by atoms with Crippen molar-refractivity contribution in [2.24, 2.45) is 5.41 Å². The topological polar surface area (TPSA) is 66.4 Å². The van der Waals surface area contributed by atoms with E-state index in [1.165, 1.54) is 0 Å². The van der Waals surface area contributed by atoms with Crippen LogP contribution >= 0.6 is 0 Å². The van der Waals surface area contributed by atoms with Crippen LogP contribution in [0.3, 0.4) is 0 Å². The van der Waals surface area contributed by atoms with Gasteiger partial charge < -0.3 is 10.4 Å².